The Morgan fingerprint density at radius 3 is 2.29 bits per heavy atom. The maximum atomic E-state index is 14.1. The zero-order valence-corrected chi connectivity index (χ0v) is 27.5. The van der Waals surface area contributed by atoms with E-state index in [2.05, 4.69) is 5.32 Å². The van der Waals surface area contributed by atoms with Crippen LogP contribution in [0.25, 0.3) is 6.08 Å². The Morgan fingerprint density at radius 1 is 0.939 bits per heavy atom. The van der Waals surface area contributed by atoms with Crippen molar-refractivity contribution >= 4 is 35.0 Å². The number of fused-ring (bicyclic) bond motifs is 1. The molecule has 0 unspecified atom stereocenters. The molecule has 0 radical (unpaired) electrons. The molecule has 4 N–H and O–H groups in total. The van der Waals surface area contributed by atoms with Crippen LogP contribution in [0.3, 0.4) is 0 Å². The number of hydrogen-bond acceptors (Lipinski definition) is 8. The van der Waals surface area contributed by atoms with Crippen LogP contribution in [0, 0.1) is 17.8 Å². The van der Waals surface area contributed by atoms with Crippen LogP contribution >= 0.6 is 0 Å². The third-order valence-electron chi connectivity index (χ3n) is 9.46. The molecule has 0 spiro atoms. The van der Waals surface area contributed by atoms with Crippen molar-refractivity contribution in [1.82, 2.24) is 0 Å². The topological polar surface area (TPSA) is 132 Å². The van der Waals surface area contributed by atoms with Gasteiger partial charge in [0.15, 0.2) is 0 Å². The lowest BCUT2D eigenvalue weighted by Gasteiger charge is -2.36. The van der Waals surface area contributed by atoms with Crippen LogP contribution in [0.2, 0.25) is 0 Å². The molecule has 254 valence electrons. The van der Waals surface area contributed by atoms with E-state index in [0.717, 1.165) is 28.9 Å². The summed E-state index contributed by atoms with van der Waals surface area (Å²) in [5.74, 6) is -1.22. The van der Waals surface area contributed by atoms with Gasteiger partial charge in [-0.2, -0.15) is 0 Å². The van der Waals surface area contributed by atoms with Gasteiger partial charge in [-0.1, -0.05) is 48.9 Å². The second-order valence-corrected chi connectivity index (χ2v) is 12.5. The lowest BCUT2D eigenvalue weighted by molar-refractivity contribution is -0.123. The number of rotatable bonds is 14. The van der Waals surface area contributed by atoms with Crippen LogP contribution in [-0.4, -0.2) is 46.5 Å². The van der Waals surface area contributed by atoms with Crippen LogP contribution in [0.4, 0.5) is 17.1 Å². The van der Waals surface area contributed by atoms with Gasteiger partial charge in [0.2, 0.25) is 11.8 Å². The molecule has 4 aromatic rings. The lowest BCUT2D eigenvalue weighted by atomic mass is 9.68. The molecular weight excluding hydrogens is 620 g/mol. The van der Waals surface area contributed by atoms with Crippen LogP contribution in [-0.2, 0) is 16.2 Å². The number of aliphatic hydroxyl groups is 3. The number of para-hydroxylation sites is 2. The first kappa shape index (κ1) is 33.9. The van der Waals surface area contributed by atoms with Crippen molar-refractivity contribution in [3.63, 3.8) is 0 Å². The Labute approximate surface area is 286 Å². The van der Waals surface area contributed by atoms with E-state index in [4.69, 9.17) is 9.15 Å². The second-order valence-electron chi connectivity index (χ2n) is 12.5. The molecule has 3 aromatic carbocycles. The number of carbonyl (C=O) groups excluding carboxylic acids is 2. The number of aliphatic hydroxyl groups excluding tert-OH is 3. The summed E-state index contributed by atoms with van der Waals surface area (Å²) in [5, 5.41) is 35.3. The number of anilines is 3. The Balaban J connectivity index is 1.25. The molecule has 9 heteroatoms. The number of amides is 2. The fraction of sp³-hybridized carbons (Fsp3) is 0.300. The van der Waals surface area contributed by atoms with Crippen LogP contribution < -0.4 is 15.0 Å². The van der Waals surface area contributed by atoms with Crippen LogP contribution in [0.5, 0.6) is 5.75 Å². The van der Waals surface area contributed by atoms with Crippen molar-refractivity contribution in [2.24, 2.45) is 17.8 Å². The quantitative estimate of drug-likeness (QED) is 0.0873. The highest BCUT2D eigenvalue weighted by molar-refractivity contribution is 6.22. The molecule has 49 heavy (non-hydrogen) atoms. The number of furan rings is 1. The first-order valence-electron chi connectivity index (χ1n) is 16.8. The molecule has 2 aliphatic rings. The first-order valence-corrected chi connectivity index (χ1v) is 16.8. The van der Waals surface area contributed by atoms with E-state index in [-0.39, 0.29) is 31.4 Å². The first-order chi connectivity index (χ1) is 23.9. The molecule has 1 aliphatic heterocycles. The highest BCUT2D eigenvalue weighted by atomic mass is 16.5. The van der Waals surface area contributed by atoms with Crippen molar-refractivity contribution in [2.75, 3.05) is 23.4 Å². The van der Waals surface area contributed by atoms with Crippen molar-refractivity contribution < 1.29 is 34.1 Å². The summed E-state index contributed by atoms with van der Waals surface area (Å²) in [6.07, 6.45) is 2.78. The fourth-order valence-electron chi connectivity index (χ4n) is 7.00. The van der Waals surface area contributed by atoms with Crippen LogP contribution in [0.1, 0.15) is 44.1 Å². The van der Waals surface area contributed by atoms with Crippen LogP contribution in [0.15, 0.2) is 118 Å². The molecule has 1 saturated heterocycles. The van der Waals surface area contributed by atoms with Crippen molar-refractivity contribution in [1.29, 1.82) is 0 Å². The lowest BCUT2D eigenvalue weighted by Crippen LogP contribution is -2.40. The number of carbonyl (C=O) groups is 2. The molecule has 6 rings (SSSR count). The molecule has 1 aliphatic carbocycles. The Morgan fingerprint density at radius 2 is 1.63 bits per heavy atom. The maximum absolute atomic E-state index is 14.1. The molecule has 2 amide bonds. The predicted octanol–water partition coefficient (Wildman–Crippen LogP) is 6.64. The average Bonchev–Trinajstić information content (AvgIpc) is 3.70. The number of hydrogen-bond donors (Lipinski definition) is 4. The summed E-state index contributed by atoms with van der Waals surface area (Å²) in [6, 6.07) is 29.7. The summed E-state index contributed by atoms with van der Waals surface area (Å²) in [4.78, 5) is 29.3. The number of nitrogens with one attached hydrogen (secondary N) is 1. The number of ether oxygens (including phenoxy) is 1. The van der Waals surface area contributed by atoms with E-state index in [1.807, 2.05) is 85.8 Å². The number of nitrogens with zero attached hydrogens (tertiary/aromatic N) is 1. The van der Waals surface area contributed by atoms with E-state index in [1.165, 1.54) is 4.90 Å². The monoisotopic (exact) mass is 662 g/mol. The van der Waals surface area contributed by atoms with Gasteiger partial charge in [-0.25, -0.2) is 0 Å². The van der Waals surface area contributed by atoms with E-state index in [9.17, 15) is 24.9 Å². The molecule has 4 atom stereocenters. The van der Waals surface area contributed by atoms with Gasteiger partial charge >= 0.3 is 0 Å². The zero-order valence-electron chi connectivity index (χ0n) is 27.5. The highest BCUT2D eigenvalue weighted by Crippen LogP contribution is 2.47. The van der Waals surface area contributed by atoms with Gasteiger partial charge in [-0.3, -0.25) is 14.5 Å². The largest absolute Gasteiger partial charge is 0.489 e. The third kappa shape index (κ3) is 7.54. The summed E-state index contributed by atoms with van der Waals surface area (Å²) in [6.45, 7) is 1.55. The number of imide groups is 1. The Hall–Kier alpha value is -4.96. The van der Waals surface area contributed by atoms with E-state index < -0.39 is 30.5 Å². The smallest absolute Gasteiger partial charge is 0.238 e. The Bertz CT molecular complexity index is 1800. The fourth-order valence-corrected chi connectivity index (χ4v) is 7.00. The molecule has 0 bridgehead atoms. The van der Waals surface area contributed by atoms with Gasteiger partial charge in [-0.05, 0) is 104 Å². The molecule has 1 aromatic heterocycles. The average molecular weight is 663 g/mol. The summed E-state index contributed by atoms with van der Waals surface area (Å²) in [7, 11) is 0. The Kier molecular flexibility index (Phi) is 10.7. The summed E-state index contributed by atoms with van der Waals surface area (Å²) < 4.78 is 11.8. The molecule has 0 saturated carbocycles. The van der Waals surface area contributed by atoms with E-state index in [1.54, 1.807) is 24.3 Å². The minimum Gasteiger partial charge on any atom is -0.489 e. The summed E-state index contributed by atoms with van der Waals surface area (Å²) in [5.41, 5.74) is 4.53. The zero-order chi connectivity index (χ0) is 34.3. The predicted molar refractivity (Wildman–Crippen MR) is 188 cm³/mol. The SMILES string of the molecule is CC/C(=C\c1ccc(CO)o1)CC[C@@H](O)C1=C(COc2ccccc2)C[C@H]2C(=O)N(c3ccc(Nc4ccccc4)cc3)C(=O)[C@H]2[C@H]1CO. The number of allylic oxidation sites excluding steroid dienone is 1. The minimum atomic E-state index is -0.979. The normalized spacial score (nSPS) is 20.0. The van der Waals surface area contributed by atoms with Crippen molar-refractivity contribution in [3.05, 3.63) is 125 Å². The highest BCUT2D eigenvalue weighted by Gasteiger charge is 2.55. The van der Waals surface area contributed by atoms with Gasteiger partial charge in [0, 0.05) is 17.3 Å². The van der Waals surface area contributed by atoms with Gasteiger partial charge in [0.25, 0.3) is 0 Å². The van der Waals surface area contributed by atoms with Gasteiger partial charge < -0.3 is 29.8 Å². The van der Waals surface area contributed by atoms with Crippen molar-refractivity contribution in [2.45, 2.75) is 45.3 Å². The third-order valence-corrected chi connectivity index (χ3v) is 9.46. The van der Waals surface area contributed by atoms with E-state index in [0.29, 0.717) is 41.4 Å². The van der Waals surface area contributed by atoms with Crippen molar-refractivity contribution in [3.8, 4) is 5.75 Å². The van der Waals surface area contributed by atoms with Gasteiger partial charge in [-0.15, -0.1) is 0 Å². The van der Waals surface area contributed by atoms with Gasteiger partial charge in [0.05, 0.1) is 30.2 Å². The number of benzene rings is 3. The molecule has 9 nitrogen and oxygen atoms in total. The van der Waals surface area contributed by atoms with Gasteiger partial charge in [0.1, 0.15) is 30.5 Å². The molecular formula is C40H42N2O7. The molecule has 1 fully saturated rings. The second kappa shape index (κ2) is 15.5. The minimum absolute atomic E-state index is 0.115. The van der Waals surface area contributed by atoms with E-state index >= 15 is 0 Å². The maximum Gasteiger partial charge on any atom is 0.238 e. The molecule has 2 heterocycles. The standard InChI is InChI=1S/C40H42N2O7/c1-2-26(21-32-18-19-33(23-43)49-32)13-20-36(45)37-27(25-48-31-11-7-4-8-12-31)22-34-38(35(37)24-44)40(47)42(39(34)46)30-16-14-29(15-17-30)41-28-9-5-3-6-10-28/h3-12,14-19,21,34-36,38,41,43-45H,2,13,20,22-25H2,1H3/b26-21+/t34-,35+,36-,38-/m1/s1. The summed E-state index contributed by atoms with van der Waals surface area (Å²) >= 11 is 0.